The first-order valence-corrected chi connectivity index (χ1v) is 8.49. The van der Waals surface area contributed by atoms with Crippen molar-refractivity contribution in [1.29, 1.82) is 0 Å². The fraction of sp³-hybridized carbons (Fsp3) is 0.786. The number of amides is 1. The number of hydrogen-bond donors (Lipinski definition) is 1. The standard InChI is InChI=1S/C14H27NO5S/c1-7-19-21(17,18)9-8-12(10-11(2)3)15-13(16)20-14(4,5)6/h8-9,11-12H,7,10H2,1-6H3,(H,15,16)/t12-/m0/s1. The third-order valence-electron chi connectivity index (χ3n) is 2.19. The molecule has 0 aliphatic carbocycles. The number of nitrogens with one attached hydrogen (secondary N) is 1. The molecule has 0 spiro atoms. The minimum Gasteiger partial charge on any atom is -0.444 e. The van der Waals surface area contributed by atoms with Crippen LogP contribution in [0.25, 0.3) is 0 Å². The van der Waals surface area contributed by atoms with Crippen molar-refractivity contribution in [1.82, 2.24) is 5.32 Å². The minimum absolute atomic E-state index is 0.0705. The van der Waals surface area contributed by atoms with Crippen LogP contribution in [0.2, 0.25) is 0 Å². The molecule has 0 rings (SSSR count). The van der Waals surface area contributed by atoms with Gasteiger partial charge in [0.15, 0.2) is 0 Å². The molecule has 21 heavy (non-hydrogen) atoms. The monoisotopic (exact) mass is 321 g/mol. The van der Waals surface area contributed by atoms with E-state index in [1.165, 1.54) is 6.08 Å². The molecule has 0 aromatic rings. The van der Waals surface area contributed by atoms with Crippen molar-refractivity contribution in [3.8, 4) is 0 Å². The lowest BCUT2D eigenvalue weighted by molar-refractivity contribution is 0.0510. The predicted octanol–water partition coefficient (Wildman–Crippen LogP) is 2.81. The molecule has 7 heteroatoms. The lowest BCUT2D eigenvalue weighted by atomic mass is 10.0. The summed E-state index contributed by atoms with van der Waals surface area (Å²) in [6, 6.07) is -0.435. The van der Waals surface area contributed by atoms with Crippen LogP contribution in [-0.2, 0) is 19.0 Å². The van der Waals surface area contributed by atoms with E-state index in [-0.39, 0.29) is 12.5 Å². The van der Waals surface area contributed by atoms with Gasteiger partial charge in [0.2, 0.25) is 0 Å². The Balaban J connectivity index is 4.82. The molecule has 0 unspecified atom stereocenters. The Morgan fingerprint density at radius 2 is 1.86 bits per heavy atom. The van der Waals surface area contributed by atoms with Gasteiger partial charge in [-0.2, -0.15) is 8.42 Å². The van der Waals surface area contributed by atoms with Crippen LogP contribution >= 0.6 is 0 Å². The number of hydrogen-bond acceptors (Lipinski definition) is 5. The molecular weight excluding hydrogens is 294 g/mol. The zero-order valence-corrected chi connectivity index (χ0v) is 14.5. The Morgan fingerprint density at radius 1 is 1.29 bits per heavy atom. The van der Waals surface area contributed by atoms with Crippen LogP contribution < -0.4 is 5.32 Å². The van der Waals surface area contributed by atoms with Gasteiger partial charge in [0.1, 0.15) is 5.60 Å². The maximum Gasteiger partial charge on any atom is 0.408 e. The van der Waals surface area contributed by atoms with Crippen molar-refractivity contribution in [2.24, 2.45) is 5.92 Å². The summed E-state index contributed by atoms with van der Waals surface area (Å²) in [6.45, 7) is 10.9. The first-order chi connectivity index (χ1) is 9.45. The fourth-order valence-corrected chi connectivity index (χ4v) is 2.34. The summed E-state index contributed by atoms with van der Waals surface area (Å²) in [7, 11) is -3.71. The maximum absolute atomic E-state index is 11.8. The highest BCUT2D eigenvalue weighted by atomic mass is 32.2. The van der Waals surface area contributed by atoms with Crippen LogP contribution in [0, 0.1) is 5.92 Å². The smallest absolute Gasteiger partial charge is 0.408 e. The summed E-state index contributed by atoms with van der Waals surface area (Å²) in [5.41, 5.74) is -0.604. The fourth-order valence-electron chi connectivity index (χ4n) is 1.55. The van der Waals surface area contributed by atoms with Crippen LogP contribution in [0.1, 0.15) is 48.0 Å². The van der Waals surface area contributed by atoms with Crippen molar-refractivity contribution in [2.45, 2.75) is 59.6 Å². The Morgan fingerprint density at radius 3 is 2.29 bits per heavy atom. The molecule has 124 valence electrons. The van der Waals surface area contributed by atoms with E-state index in [0.29, 0.717) is 6.42 Å². The Labute approximate surface area is 128 Å². The molecule has 0 saturated carbocycles. The van der Waals surface area contributed by atoms with E-state index >= 15 is 0 Å². The van der Waals surface area contributed by atoms with Crippen LogP contribution in [0.4, 0.5) is 4.79 Å². The first-order valence-electron chi connectivity index (χ1n) is 7.02. The average Bonchev–Trinajstić information content (AvgIpc) is 2.22. The van der Waals surface area contributed by atoms with Gasteiger partial charge in [-0.3, -0.25) is 4.18 Å². The molecule has 0 fully saturated rings. The Hall–Kier alpha value is -1.08. The summed E-state index contributed by atoms with van der Waals surface area (Å²) in [5, 5.41) is 3.62. The quantitative estimate of drug-likeness (QED) is 0.729. The number of carbonyl (C=O) groups is 1. The van der Waals surface area contributed by atoms with Gasteiger partial charge in [0.25, 0.3) is 10.1 Å². The van der Waals surface area contributed by atoms with Crippen molar-refractivity contribution < 1.29 is 22.1 Å². The van der Waals surface area contributed by atoms with Crippen molar-refractivity contribution in [3.05, 3.63) is 11.5 Å². The molecule has 0 bridgehead atoms. The highest BCUT2D eigenvalue weighted by molar-refractivity contribution is 7.89. The van der Waals surface area contributed by atoms with Gasteiger partial charge in [-0.15, -0.1) is 0 Å². The lowest BCUT2D eigenvalue weighted by Crippen LogP contribution is -2.38. The number of rotatable bonds is 7. The number of alkyl carbamates (subject to hydrolysis) is 1. The number of carbonyl (C=O) groups excluding carboxylic acids is 1. The van der Waals surface area contributed by atoms with E-state index in [1.807, 2.05) is 13.8 Å². The van der Waals surface area contributed by atoms with E-state index in [2.05, 4.69) is 9.50 Å². The third kappa shape index (κ3) is 11.3. The van der Waals surface area contributed by atoms with Crippen molar-refractivity contribution in [2.75, 3.05) is 6.61 Å². The topological polar surface area (TPSA) is 81.7 Å². The van der Waals surface area contributed by atoms with Crippen molar-refractivity contribution >= 4 is 16.2 Å². The summed E-state index contributed by atoms with van der Waals surface area (Å²) in [6.07, 6.45) is 1.43. The molecule has 0 heterocycles. The van der Waals surface area contributed by atoms with E-state index in [0.717, 1.165) is 5.41 Å². The Kier molecular flexibility index (Phi) is 7.95. The molecule has 1 N–H and O–H groups in total. The van der Waals surface area contributed by atoms with Gasteiger partial charge >= 0.3 is 6.09 Å². The minimum atomic E-state index is -3.71. The van der Waals surface area contributed by atoms with Gasteiger partial charge in [-0.25, -0.2) is 4.79 Å². The molecule has 6 nitrogen and oxygen atoms in total. The second-order valence-corrected chi connectivity index (χ2v) is 7.60. The average molecular weight is 321 g/mol. The van der Waals surface area contributed by atoms with Gasteiger partial charge in [0.05, 0.1) is 18.1 Å². The summed E-state index contributed by atoms with van der Waals surface area (Å²) < 4.78 is 32.7. The third-order valence-corrected chi connectivity index (χ3v) is 3.24. The summed E-state index contributed by atoms with van der Waals surface area (Å²) >= 11 is 0. The highest BCUT2D eigenvalue weighted by Crippen LogP contribution is 2.11. The second-order valence-electron chi connectivity index (χ2n) is 6.11. The van der Waals surface area contributed by atoms with Gasteiger partial charge in [-0.1, -0.05) is 13.8 Å². The van der Waals surface area contributed by atoms with Gasteiger partial charge in [0, 0.05) is 0 Å². The molecule has 0 aromatic carbocycles. The molecule has 0 radical (unpaired) electrons. The van der Waals surface area contributed by atoms with Crippen LogP contribution in [0.5, 0.6) is 0 Å². The summed E-state index contributed by atoms with van der Waals surface area (Å²) in [5.74, 6) is 0.282. The summed E-state index contributed by atoms with van der Waals surface area (Å²) in [4.78, 5) is 11.8. The molecule has 0 saturated heterocycles. The predicted molar refractivity (Wildman–Crippen MR) is 82.3 cm³/mol. The van der Waals surface area contributed by atoms with Gasteiger partial charge in [-0.05, 0) is 46.1 Å². The molecule has 0 aromatic heterocycles. The SMILES string of the molecule is CCOS(=O)(=O)C=C[C@@H](CC(C)C)NC(=O)OC(C)(C)C. The molecular formula is C14H27NO5S. The van der Waals surface area contributed by atoms with Crippen molar-refractivity contribution in [3.63, 3.8) is 0 Å². The van der Waals surface area contributed by atoms with E-state index in [1.54, 1.807) is 27.7 Å². The zero-order chi connectivity index (χ0) is 16.7. The van der Waals surface area contributed by atoms with E-state index < -0.39 is 27.9 Å². The van der Waals surface area contributed by atoms with E-state index in [4.69, 9.17) is 4.74 Å². The van der Waals surface area contributed by atoms with Crippen LogP contribution in [0.15, 0.2) is 11.5 Å². The molecule has 1 atom stereocenters. The van der Waals surface area contributed by atoms with Crippen LogP contribution in [0.3, 0.4) is 0 Å². The largest absolute Gasteiger partial charge is 0.444 e. The first kappa shape index (κ1) is 19.9. The second kappa shape index (κ2) is 8.38. The zero-order valence-electron chi connectivity index (χ0n) is 13.7. The van der Waals surface area contributed by atoms with Crippen LogP contribution in [-0.4, -0.2) is 32.8 Å². The lowest BCUT2D eigenvalue weighted by Gasteiger charge is -2.23. The Bertz CT molecular complexity index is 448. The van der Waals surface area contributed by atoms with E-state index in [9.17, 15) is 13.2 Å². The number of ether oxygens (including phenoxy) is 1. The maximum atomic E-state index is 11.8. The highest BCUT2D eigenvalue weighted by Gasteiger charge is 2.19. The molecule has 0 aliphatic rings. The van der Waals surface area contributed by atoms with Gasteiger partial charge < -0.3 is 10.1 Å². The molecule has 1 amide bonds. The normalized spacial score (nSPS) is 14.4. The molecule has 0 aliphatic heterocycles.